The molecule has 0 aliphatic rings. The molecule has 38 heavy (non-hydrogen) atoms. The predicted molar refractivity (Wildman–Crippen MR) is 141 cm³/mol. The van der Waals surface area contributed by atoms with Gasteiger partial charge in [-0.25, -0.2) is 9.78 Å². The first-order valence-corrected chi connectivity index (χ1v) is 12.2. The molecule has 0 saturated heterocycles. The van der Waals surface area contributed by atoms with Gasteiger partial charge >= 0.3 is 5.97 Å². The Morgan fingerprint density at radius 2 is 1.66 bits per heavy atom. The number of carboxylic acids is 1. The molecule has 2 amide bonds. The smallest absolute Gasteiger partial charge is 0.335 e. The standard InChI is InChI=1S/C28H24ClN3O6/c1-3-21(24(33)27-32-22-6-4-5-7-23(22)38-27)31-25(34)15(2)30-26(35)17-10-8-16(9-11-17)19-14-18(28(36)37)12-13-20(19)29/h4-15,21H,3H2,1-2H3,(H,30,35)(H,31,34)(H,36,37)/t15-,21-/m0/s1. The van der Waals surface area contributed by atoms with Crippen LogP contribution in [0.2, 0.25) is 5.02 Å². The third-order valence-corrected chi connectivity index (χ3v) is 6.29. The fraction of sp³-hybridized carbons (Fsp3) is 0.179. The van der Waals surface area contributed by atoms with Crippen molar-refractivity contribution in [1.29, 1.82) is 0 Å². The van der Waals surface area contributed by atoms with Crippen LogP contribution in [0, 0.1) is 0 Å². The van der Waals surface area contributed by atoms with E-state index in [0.29, 0.717) is 33.7 Å². The zero-order valence-electron chi connectivity index (χ0n) is 20.5. The van der Waals surface area contributed by atoms with Gasteiger partial charge in [-0.05, 0) is 61.4 Å². The molecule has 0 bridgehead atoms. The van der Waals surface area contributed by atoms with Crippen molar-refractivity contribution in [2.24, 2.45) is 0 Å². The zero-order valence-corrected chi connectivity index (χ0v) is 21.3. The van der Waals surface area contributed by atoms with E-state index in [4.69, 9.17) is 16.0 Å². The number of rotatable bonds is 9. The van der Waals surface area contributed by atoms with Crippen molar-refractivity contribution in [3.05, 3.63) is 88.8 Å². The summed E-state index contributed by atoms with van der Waals surface area (Å²) in [5, 5.41) is 14.9. The van der Waals surface area contributed by atoms with Crippen LogP contribution in [0.15, 0.2) is 71.1 Å². The van der Waals surface area contributed by atoms with Gasteiger partial charge in [0.25, 0.3) is 11.8 Å². The molecule has 0 radical (unpaired) electrons. The van der Waals surface area contributed by atoms with Crippen molar-refractivity contribution in [1.82, 2.24) is 15.6 Å². The van der Waals surface area contributed by atoms with Crippen LogP contribution in [0.1, 0.15) is 51.7 Å². The number of para-hydroxylation sites is 2. The van der Waals surface area contributed by atoms with Crippen LogP contribution in [-0.2, 0) is 4.79 Å². The molecule has 4 aromatic rings. The minimum atomic E-state index is -1.08. The van der Waals surface area contributed by atoms with E-state index in [9.17, 15) is 24.3 Å². The molecule has 0 fully saturated rings. The zero-order chi connectivity index (χ0) is 27.4. The lowest BCUT2D eigenvalue weighted by molar-refractivity contribution is -0.123. The van der Waals surface area contributed by atoms with E-state index in [1.807, 2.05) is 0 Å². The van der Waals surface area contributed by atoms with E-state index in [-0.39, 0.29) is 17.0 Å². The van der Waals surface area contributed by atoms with Crippen LogP contribution in [0.25, 0.3) is 22.2 Å². The predicted octanol–water partition coefficient (Wildman–Crippen LogP) is 4.74. The molecular weight excluding hydrogens is 510 g/mol. The Hall–Kier alpha value is -4.50. The molecule has 10 heteroatoms. The Kier molecular flexibility index (Phi) is 7.87. The molecule has 0 aliphatic heterocycles. The largest absolute Gasteiger partial charge is 0.478 e. The quantitative estimate of drug-likeness (QED) is 0.264. The van der Waals surface area contributed by atoms with Crippen molar-refractivity contribution in [2.75, 3.05) is 0 Å². The topological polar surface area (TPSA) is 139 Å². The van der Waals surface area contributed by atoms with Gasteiger partial charge in [0.15, 0.2) is 5.58 Å². The van der Waals surface area contributed by atoms with Crippen LogP contribution in [0.5, 0.6) is 0 Å². The number of nitrogens with zero attached hydrogens (tertiary/aromatic N) is 1. The Morgan fingerprint density at radius 1 is 0.974 bits per heavy atom. The van der Waals surface area contributed by atoms with Crippen LogP contribution >= 0.6 is 11.6 Å². The second kappa shape index (κ2) is 11.3. The number of carbonyl (C=O) groups is 4. The molecule has 3 aromatic carbocycles. The van der Waals surface area contributed by atoms with Crippen molar-refractivity contribution in [2.45, 2.75) is 32.4 Å². The van der Waals surface area contributed by atoms with E-state index in [0.717, 1.165) is 0 Å². The van der Waals surface area contributed by atoms with E-state index in [1.165, 1.54) is 25.1 Å². The second-order valence-corrected chi connectivity index (χ2v) is 9.00. The fourth-order valence-electron chi connectivity index (χ4n) is 3.80. The summed E-state index contributed by atoms with van der Waals surface area (Å²) in [5.74, 6) is -2.67. The maximum Gasteiger partial charge on any atom is 0.335 e. The van der Waals surface area contributed by atoms with Gasteiger partial charge in [0, 0.05) is 16.1 Å². The lowest BCUT2D eigenvalue weighted by Gasteiger charge is -2.19. The van der Waals surface area contributed by atoms with Gasteiger partial charge < -0.3 is 20.2 Å². The average Bonchev–Trinajstić information content (AvgIpc) is 3.36. The van der Waals surface area contributed by atoms with Crippen LogP contribution < -0.4 is 10.6 Å². The van der Waals surface area contributed by atoms with Gasteiger partial charge in [0.2, 0.25) is 11.7 Å². The number of benzene rings is 3. The molecule has 4 rings (SSSR count). The number of aromatic carboxylic acids is 1. The molecule has 1 aromatic heterocycles. The molecule has 1 heterocycles. The molecule has 0 unspecified atom stereocenters. The Labute approximate surface area is 222 Å². The summed E-state index contributed by atoms with van der Waals surface area (Å²) in [6.45, 7) is 3.25. The minimum Gasteiger partial charge on any atom is -0.478 e. The van der Waals surface area contributed by atoms with Gasteiger partial charge in [0.1, 0.15) is 11.6 Å². The van der Waals surface area contributed by atoms with Crippen LogP contribution in [-0.4, -0.2) is 45.7 Å². The third-order valence-electron chi connectivity index (χ3n) is 5.96. The highest BCUT2D eigenvalue weighted by molar-refractivity contribution is 6.33. The number of aromatic nitrogens is 1. The van der Waals surface area contributed by atoms with Crippen LogP contribution in [0.3, 0.4) is 0 Å². The highest BCUT2D eigenvalue weighted by atomic mass is 35.5. The lowest BCUT2D eigenvalue weighted by Crippen LogP contribution is -2.50. The minimum absolute atomic E-state index is 0.0889. The van der Waals surface area contributed by atoms with Crippen molar-refractivity contribution < 1.29 is 28.7 Å². The number of amides is 2. The van der Waals surface area contributed by atoms with E-state index < -0.39 is 35.7 Å². The summed E-state index contributed by atoms with van der Waals surface area (Å²) in [6.07, 6.45) is 0.303. The number of ketones is 1. The molecule has 9 nitrogen and oxygen atoms in total. The Morgan fingerprint density at radius 3 is 2.32 bits per heavy atom. The Bertz CT molecular complexity index is 1500. The molecule has 194 valence electrons. The van der Waals surface area contributed by atoms with E-state index >= 15 is 0 Å². The van der Waals surface area contributed by atoms with E-state index in [2.05, 4.69) is 15.6 Å². The van der Waals surface area contributed by atoms with Gasteiger partial charge in [0.05, 0.1) is 11.6 Å². The molecular formula is C28H24ClN3O6. The lowest BCUT2D eigenvalue weighted by atomic mass is 10.0. The number of halogens is 1. The Balaban J connectivity index is 1.40. The first kappa shape index (κ1) is 26.6. The maximum atomic E-state index is 12.9. The number of hydrogen-bond acceptors (Lipinski definition) is 6. The first-order valence-electron chi connectivity index (χ1n) is 11.8. The average molecular weight is 534 g/mol. The summed E-state index contributed by atoms with van der Waals surface area (Å²) in [6, 6.07) is 15.9. The van der Waals surface area contributed by atoms with Gasteiger partial charge in [-0.2, -0.15) is 0 Å². The second-order valence-electron chi connectivity index (χ2n) is 8.59. The van der Waals surface area contributed by atoms with Crippen molar-refractivity contribution in [3.63, 3.8) is 0 Å². The van der Waals surface area contributed by atoms with Crippen molar-refractivity contribution in [3.8, 4) is 11.1 Å². The highest BCUT2D eigenvalue weighted by Crippen LogP contribution is 2.29. The summed E-state index contributed by atoms with van der Waals surface area (Å²) >= 11 is 6.23. The number of carboxylic acid groups (broad SMARTS) is 1. The van der Waals surface area contributed by atoms with Crippen LogP contribution in [0.4, 0.5) is 0 Å². The first-order chi connectivity index (χ1) is 18.2. The number of fused-ring (bicyclic) bond motifs is 1. The van der Waals surface area contributed by atoms with Gasteiger partial charge in [-0.3, -0.25) is 14.4 Å². The molecule has 2 atom stereocenters. The summed E-state index contributed by atoms with van der Waals surface area (Å²) in [7, 11) is 0. The number of hydrogen-bond donors (Lipinski definition) is 3. The fourth-order valence-corrected chi connectivity index (χ4v) is 4.03. The normalized spacial score (nSPS) is 12.5. The van der Waals surface area contributed by atoms with E-state index in [1.54, 1.807) is 55.5 Å². The number of oxazole rings is 1. The number of nitrogens with one attached hydrogen (secondary N) is 2. The molecule has 0 aliphatic carbocycles. The van der Waals surface area contributed by atoms with Gasteiger partial charge in [-0.15, -0.1) is 0 Å². The maximum absolute atomic E-state index is 12.9. The van der Waals surface area contributed by atoms with Crippen molar-refractivity contribution >= 4 is 46.3 Å². The summed E-state index contributed by atoms with van der Waals surface area (Å²) < 4.78 is 5.53. The number of Topliss-reactive ketones (excluding diaryl/α,β-unsaturated/α-hetero) is 1. The molecule has 0 saturated carbocycles. The SMILES string of the molecule is CC[C@H](NC(=O)[C@H](C)NC(=O)c1ccc(-c2cc(C(=O)O)ccc2Cl)cc1)C(=O)c1nc2ccccc2o1. The highest BCUT2D eigenvalue weighted by Gasteiger charge is 2.27. The summed E-state index contributed by atoms with van der Waals surface area (Å²) in [5.41, 5.74) is 2.53. The van der Waals surface area contributed by atoms with Gasteiger partial charge in [-0.1, -0.05) is 42.8 Å². The molecule has 0 spiro atoms. The monoisotopic (exact) mass is 533 g/mol. The molecule has 3 N–H and O–H groups in total. The number of carbonyl (C=O) groups excluding carboxylic acids is 3. The summed E-state index contributed by atoms with van der Waals surface area (Å²) in [4.78, 5) is 53.8. The third kappa shape index (κ3) is 5.73.